The second kappa shape index (κ2) is 8.82. The minimum absolute atomic E-state index is 0.101. The highest BCUT2D eigenvalue weighted by atomic mass is 19.1. The minimum Gasteiger partial charge on any atom is -0.350 e. The van der Waals surface area contributed by atoms with E-state index < -0.39 is 0 Å². The van der Waals surface area contributed by atoms with Crippen molar-refractivity contribution in [2.75, 3.05) is 11.9 Å². The van der Waals surface area contributed by atoms with Crippen LogP contribution in [-0.4, -0.2) is 22.4 Å². The Morgan fingerprint density at radius 3 is 2.24 bits per heavy atom. The van der Waals surface area contributed by atoms with Gasteiger partial charge in [0.15, 0.2) is 0 Å². The van der Waals surface area contributed by atoms with E-state index in [9.17, 15) is 9.18 Å². The SMILES string of the molecule is CC(C)(C)c1ccc(Nc2cnc(C(=O)NCCc3ccc(F)cc3)cn2)cc1. The van der Waals surface area contributed by atoms with Crippen molar-refractivity contribution in [3.63, 3.8) is 0 Å². The van der Waals surface area contributed by atoms with Gasteiger partial charge < -0.3 is 10.6 Å². The van der Waals surface area contributed by atoms with E-state index in [1.165, 1.54) is 30.1 Å². The zero-order valence-corrected chi connectivity index (χ0v) is 16.9. The fourth-order valence-corrected chi connectivity index (χ4v) is 2.77. The van der Waals surface area contributed by atoms with Crippen molar-refractivity contribution in [3.8, 4) is 0 Å². The van der Waals surface area contributed by atoms with Crippen LogP contribution >= 0.6 is 0 Å². The maximum Gasteiger partial charge on any atom is 0.271 e. The zero-order valence-electron chi connectivity index (χ0n) is 16.9. The van der Waals surface area contributed by atoms with Crippen LogP contribution in [0.15, 0.2) is 60.9 Å². The lowest BCUT2D eigenvalue weighted by Gasteiger charge is -2.19. The number of rotatable bonds is 6. The number of amides is 1. The topological polar surface area (TPSA) is 66.9 Å². The Kier molecular flexibility index (Phi) is 6.22. The van der Waals surface area contributed by atoms with Gasteiger partial charge in [0, 0.05) is 12.2 Å². The largest absolute Gasteiger partial charge is 0.350 e. The highest BCUT2D eigenvalue weighted by molar-refractivity contribution is 5.92. The molecule has 150 valence electrons. The molecule has 2 aromatic carbocycles. The predicted molar refractivity (Wildman–Crippen MR) is 113 cm³/mol. The summed E-state index contributed by atoms with van der Waals surface area (Å²) in [6.07, 6.45) is 3.59. The van der Waals surface area contributed by atoms with Gasteiger partial charge >= 0.3 is 0 Å². The highest BCUT2D eigenvalue weighted by Crippen LogP contribution is 2.24. The second-order valence-corrected chi connectivity index (χ2v) is 7.87. The lowest BCUT2D eigenvalue weighted by atomic mass is 9.87. The van der Waals surface area contributed by atoms with Crippen molar-refractivity contribution in [1.29, 1.82) is 0 Å². The van der Waals surface area contributed by atoms with Crippen LogP contribution in [0.1, 0.15) is 42.4 Å². The van der Waals surface area contributed by atoms with Gasteiger partial charge in [-0.05, 0) is 47.2 Å². The van der Waals surface area contributed by atoms with Crippen molar-refractivity contribution >= 4 is 17.4 Å². The van der Waals surface area contributed by atoms with Gasteiger partial charge in [-0.25, -0.2) is 14.4 Å². The van der Waals surface area contributed by atoms with Crippen molar-refractivity contribution in [3.05, 3.63) is 83.6 Å². The average Bonchev–Trinajstić information content (AvgIpc) is 2.70. The number of anilines is 2. The number of nitrogens with one attached hydrogen (secondary N) is 2. The molecule has 0 spiro atoms. The third-order valence-corrected chi connectivity index (χ3v) is 4.52. The molecule has 0 radical (unpaired) electrons. The fourth-order valence-electron chi connectivity index (χ4n) is 2.77. The number of carbonyl (C=O) groups is 1. The summed E-state index contributed by atoms with van der Waals surface area (Å²) in [7, 11) is 0. The molecule has 3 aromatic rings. The molecule has 1 aromatic heterocycles. The van der Waals surface area contributed by atoms with Crippen LogP contribution in [0.5, 0.6) is 0 Å². The molecule has 0 aliphatic carbocycles. The van der Waals surface area contributed by atoms with Crippen molar-refractivity contribution in [1.82, 2.24) is 15.3 Å². The molecule has 0 saturated carbocycles. The Balaban J connectivity index is 1.52. The molecule has 0 fully saturated rings. The number of hydrogen-bond acceptors (Lipinski definition) is 4. The summed E-state index contributed by atoms with van der Waals surface area (Å²) < 4.78 is 12.9. The maximum atomic E-state index is 12.9. The summed E-state index contributed by atoms with van der Waals surface area (Å²) in [4.78, 5) is 20.6. The lowest BCUT2D eigenvalue weighted by molar-refractivity contribution is 0.0949. The fraction of sp³-hybridized carbons (Fsp3) is 0.261. The van der Waals surface area contributed by atoms with E-state index in [0.717, 1.165) is 11.3 Å². The molecule has 5 nitrogen and oxygen atoms in total. The molecule has 3 rings (SSSR count). The summed E-state index contributed by atoms with van der Waals surface area (Å²) in [6, 6.07) is 14.4. The van der Waals surface area contributed by atoms with Crippen LogP contribution in [0.25, 0.3) is 0 Å². The molecule has 0 atom stereocenters. The maximum absolute atomic E-state index is 12.9. The van der Waals surface area contributed by atoms with Crippen LogP contribution in [0.3, 0.4) is 0 Å². The summed E-state index contributed by atoms with van der Waals surface area (Å²) in [6.45, 7) is 6.95. The summed E-state index contributed by atoms with van der Waals surface area (Å²) in [5, 5.41) is 5.98. The number of hydrogen-bond donors (Lipinski definition) is 2. The molecule has 1 heterocycles. The molecular formula is C23H25FN4O. The number of carbonyl (C=O) groups excluding carboxylic acids is 1. The molecule has 6 heteroatoms. The van der Waals surface area contributed by atoms with Gasteiger partial charge in [0.1, 0.15) is 17.3 Å². The first-order valence-corrected chi connectivity index (χ1v) is 9.53. The monoisotopic (exact) mass is 392 g/mol. The van der Waals surface area contributed by atoms with E-state index in [-0.39, 0.29) is 22.8 Å². The normalized spacial score (nSPS) is 11.2. The van der Waals surface area contributed by atoms with E-state index >= 15 is 0 Å². The van der Waals surface area contributed by atoms with Gasteiger partial charge in [0.05, 0.1) is 12.4 Å². The third kappa shape index (κ3) is 5.85. The van der Waals surface area contributed by atoms with E-state index in [4.69, 9.17) is 0 Å². The Morgan fingerprint density at radius 1 is 0.966 bits per heavy atom. The van der Waals surface area contributed by atoms with Crippen LogP contribution in [0, 0.1) is 5.82 Å². The molecule has 0 aliphatic rings. The molecule has 29 heavy (non-hydrogen) atoms. The van der Waals surface area contributed by atoms with Gasteiger partial charge in [-0.15, -0.1) is 0 Å². The van der Waals surface area contributed by atoms with Crippen LogP contribution in [-0.2, 0) is 11.8 Å². The lowest BCUT2D eigenvalue weighted by Crippen LogP contribution is -2.26. The van der Waals surface area contributed by atoms with Gasteiger partial charge in [0.2, 0.25) is 0 Å². The van der Waals surface area contributed by atoms with Crippen molar-refractivity contribution in [2.24, 2.45) is 0 Å². The minimum atomic E-state index is -0.291. The molecule has 2 N–H and O–H groups in total. The number of aromatic nitrogens is 2. The van der Waals surface area contributed by atoms with Gasteiger partial charge in [-0.1, -0.05) is 45.0 Å². The number of benzene rings is 2. The first kappa shape index (κ1) is 20.5. The molecule has 0 aliphatic heterocycles. The van der Waals surface area contributed by atoms with Crippen LogP contribution in [0.2, 0.25) is 0 Å². The standard InChI is InChI=1S/C23H25FN4O/c1-23(2,3)17-6-10-19(11-7-17)28-21-15-26-20(14-27-21)22(29)25-13-12-16-4-8-18(24)9-5-16/h4-11,14-15H,12-13H2,1-3H3,(H,25,29)(H,27,28). The Bertz CT molecular complexity index is 946. The van der Waals surface area contributed by atoms with E-state index in [1.54, 1.807) is 12.1 Å². The van der Waals surface area contributed by atoms with E-state index in [2.05, 4.69) is 53.5 Å². The number of nitrogens with zero attached hydrogens (tertiary/aromatic N) is 2. The highest BCUT2D eigenvalue weighted by Gasteiger charge is 2.13. The smallest absolute Gasteiger partial charge is 0.271 e. The summed E-state index contributed by atoms with van der Waals surface area (Å²) >= 11 is 0. The summed E-state index contributed by atoms with van der Waals surface area (Å²) in [5.41, 5.74) is 3.46. The van der Waals surface area contributed by atoms with Gasteiger partial charge in [-0.2, -0.15) is 0 Å². The van der Waals surface area contributed by atoms with Crippen molar-refractivity contribution < 1.29 is 9.18 Å². The van der Waals surface area contributed by atoms with Crippen molar-refractivity contribution in [2.45, 2.75) is 32.6 Å². The number of halogens is 1. The Labute approximate surface area is 170 Å². The summed E-state index contributed by atoms with van der Waals surface area (Å²) in [5.74, 6) is 0.00367. The molecule has 0 bridgehead atoms. The van der Waals surface area contributed by atoms with E-state index in [0.29, 0.717) is 18.8 Å². The quantitative estimate of drug-likeness (QED) is 0.642. The molecule has 1 amide bonds. The Morgan fingerprint density at radius 2 is 1.66 bits per heavy atom. The second-order valence-electron chi connectivity index (χ2n) is 7.87. The third-order valence-electron chi connectivity index (χ3n) is 4.52. The van der Waals surface area contributed by atoms with Crippen LogP contribution < -0.4 is 10.6 Å². The van der Waals surface area contributed by atoms with Gasteiger partial charge in [0.25, 0.3) is 5.91 Å². The van der Waals surface area contributed by atoms with Gasteiger partial charge in [-0.3, -0.25) is 4.79 Å². The first-order chi connectivity index (χ1) is 13.8. The Hall–Kier alpha value is -3.28. The zero-order chi connectivity index (χ0) is 20.9. The average molecular weight is 392 g/mol. The van der Waals surface area contributed by atoms with Crippen LogP contribution in [0.4, 0.5) is 15.9 Å². The molecular weight excluding hydrogens is 367 g/mol. The first-order valence-electron chi connectivity index (χ1n) is 9.53. The molecule has 0 saturated heterocycles. The molecule has 0 unspecified atom stereocenters. The predicted octanol–water partition coefficient (Wildman–Crippen LogP) is 4.63. The van der Waals surface area contributed by atoms with E-state index in [1.807, 2.05) is 12.1 Å².